The molecule has 1 fully saturated rings. The third kappa shape index (κ3) is 3.33. The molecule has 0 spiro atoms. The highest BCUT2D eigenvalue weighted by Gasteiger charge is 2.30. The van der Waals surface area contributed by atoms with Crippen LogP contribution >= 0.6 is 0 Å². The van der Waals surface area contributed by atoms with Gasteiger partial charge in [0.2, 0.25) is 0 Å². The van der Waals surface area contributed by atoms with Crippen LogP contribution in [0.4, 0.5) is 0 Å². The molecule has 1 aromatic carbocycles. The number of para-hydroxylation sites is 1. The second kappa shape index (κ2) is 7.09. The Balaban J connectivity index is 2.31. The van der Waals surface area contributed by atoms with E-state index in [0.29, 0.717) is 0 Å². The van der Waals surface area contributed by atoms with Gasteiger partial charge in [-0.3, -0.25) is 4.90 Å². The van der Waals surface area contributed by atoms with Gasteiger partial charge in [0, 0.05) is 18.2 Å². The van der Waals surface area contributed by atoms with Crippen molar-refractivity contribution in [2.45, 2.75) is 45.2 Å². The molecule has 112 valence electrons. The molecule has 3 atom stereocenters. The van der Waals surface area contributed by atoms with E-state index in [-0.39, 0.29) is 12.1 Å². The quantitative estimate of drug-likeness (QED) is 0.897. The summed E-state index contributed by atoms with van der Waals surface area (Å²) in [4.78, 5) is 2.56. The number of methoxy groups -OCH3 is 1. The van der Waals surface area contributed by atoms with Crippen LogP contribution in [0.2, 0.25) is 0 Å². The summed E-state index contributed by atoms with van der Waals surface area (Å²) in [6.07, 6.45) is 3.58. The van der Waals surface area contributed by atoms with E-state index in [9.17, 15) is 0 Å². The van der Waals surface area contributed by atoms with Gasteiger partial charge < -0.3 is 10.5 Å². The lowest BCUT2D eigenvalue weighted by molar-refractivity contribution is 0.109. The van der Waals surface area contributed by atoms with E-state index in [1.165, 1.54) is 18.4 Å². The zero-order chi connectivity index (χ0) is 14.5. The van der Waals surface area contributed by atoms with Crippen LogP contribution < -0.4 is 10.5 Å². The second-order valence-electron chi connectivity index (χ2n) is 6.00. The first-order valence-corrected chi connectivity index (χ1v) is 7.79. The zero-order valence-electron chi connectivity index (χ0n) is 13.0. The lowest BCUT2D eigenvalue weighted by Crippen LogP contribution is -2.45. The molecule has 1 aromatic rings. The number of nitrogens with two attached hydrogens (primary N) is 1. The van der Waals surface area contributed by atoms with Gasteiger partial charge in [-0.05, 0) is 37.8 Å². The van der Waals surface area contributed by atoms with Crippen LogP contribution in [-0.4, -0.2) is 31.1 Å². The fourth-order valence-electron chi connectivity index (χ4n) is 3.31. The highest BCUT2D eigenvalue weighted by Crippen LogP contribution is 2.34. The van der Waals surface area contributed by atoms with E-state index in [1.54, 1.807) is 7.11 Å². The molecular weight excluding hydrogens is 248 g/mol. The Bertz CT molecular complexity index is 421. The van der Waals surface area contributed by atoms with Gasteiger partial charge in [-0.1, -0.05) is 32.0 Å². The Morgan fingerprint density at radius 2 is 2.15 bits per heavy atom. The standard InChI is InChI=1S/C17H28N2O/c1-4-15(18)17(19-11-7-8-13(2)12-19)14-9-5-6-10-16(14)20-3/h5-6,9-10,13,15,17H,4,7-8,11-12,18H2,1-3H3. The number of ether oxygens (including phenoxy) is 1. The number of benzene rings is 1. The van der Waals surface area contributed by atoms with Crippen molar-refractivity contribution in [2.24, 2.45) is 11.7 Å². The second-order valence-corrected chi connectivity index (χ2v) is 6.00. The van der Waals surface area contributed by atoms with Crippen molar-refractivity contribution in [2.75, 3.05) is 20.2 Å². The van der Waals surface area contributed by atoms with E-state index in [0.717, 1.165) is 31.2 Å². The van der Waals surface area contributed by atoms with Gasteiger partial charge in [0.15, 0.2) is 0 Å². The predicted octanol–water partition coefficient (Wildman–Crippen LogP) is 3.21. The maximum atomic E-state index is 6.45. The van der Waals surface area contributed by atoms with Crippen LogP contribution in [0.1, 0.15) is 44.7 Å². The molecule has 3 heteroatoms. The summed E-state index contributed by atoms with van der Waals surface area (Å²) in [5, 5.41) is 0. The Labute approximate surface area is 123 Å². The molecule has 2 rings (SSSR count). The van der Waals surface area contributed by atoms with Gasteiger partial charge in [0.25, 0.3) is 0 Å². The molecule has 1 heterocycles. The van der Waals surface area contributed by atoms with E-state index in [1.807, 2.05) is 12.1 Å². The van der Waals surface area contributed by atoms with Crippen molar-refractivity contribution in [3.8, 4) is 5.75 Å². The van der Waals surface area contributed by atoms with Gasteiger partial charge in [-0.25, -0.2) is 0 Å². The van der Waals surface area contributed by atoms with Gasteiger partial charge >= 0.3 is 0 Å². The Hall–Kier alpha value is -1.06. The van der Waals surface area contributed by atoms with Gasteiger partial charge in [0.05, 0.1) is 13.2 Å². The zero-order valence-corrected chi connectivity index (χ0v) is 13.0. The first kappa shape index (κ1) is 15.3. The summed E-state index contributed by atoms with van der Waals surface area (Å²) in [6.45, 7) is 6.78. The molecule has 20 heavy (non-hydrogen) atoms. The minimum absolute atomic E-state index is 0.150. The number of piperidine rings is 1. The molecule has 0 aliphatic carbocycles. The number of likely N-dealkylation sites (tertiary alicyclic amines) is 1. The average Bonchev–Trinajstić information content (AvgIpc) is 2.48. The van der Waals surface area contributed by atoms with Crippen molar-refractivity contribution < 1.29 is 4.74 Å². The summed E-state index contributed by atoms with van der Waals surface area (Å²) < 4.78 is 5.56. The third-order valence-corrected chi connectivity index (χ3v) is 4.42. The van der Waals surface area contributed by atoms with Crippen LogP contribution in [0.15, 0.2) is 24.3 Å². The maximum Gasteiger partial charge on any atom is 0.123 e. The SMILES string of the molecule is CCC(N)C(c1ccccc1OC)N1CCCC(C)C1. The number of hydrogen-bond acceptors (Lipinski definition) is 3. The molecule has 3 unspecified atom stereocenters. The molecular formula is C17H28N2O. The summed E-state index contributed by atoms with van der Waals surface area (Å²) in [7, 11) is 1.74. The van der Waals surface area contributed by atoms with Crippen molar-refractivity contribution >= 4 is 0 Å². The molecule has 0 radical (unpaired) electrons. The first-order valence-electron chi connectivity index (χ1n) is 7.79. The smallest absolute Gasteiger partial charge is 0.123 e. The van der Waals surface area contributed by atoms with Crippen molar-refractivity contribution in [1.29, 1.82) is 0 Å². The molecule has 0 saturated carbocycles. The van der Waals surface area contributed by atoms with E-state index in [4.69, 9.17) is 10.5 Å². The number of nitrogens with zero attached hydrogens (tertiary/aromatic N) is 1. The average molecular weight is 276 g/mol. The van der Waals surface area contributed by atoms with Gasteiger partial charge in [-0.2, -0.15) is 0 Å². The topological polar surface area (TPSA) is 38.5 Å². The van der Waals surface area contributed by atoms with Crippen molar-refractivity contribution in [1.82, 2.24) is 4.90 Å². The molecule has 0 amide bonds. The van der Waals surface area contributed by atoms with Crippen LogP contribution in [-0.2, 0) is 0 Å². The minimum Gasteiger partial charge on any atom is -0.496 e. The Morgan fingerprint density at radius 1 is 1.40 bits per heavy atom. The molecule has 2 N–H and O–H groups in total. The number of rotatable bonds is 5. The van der Waals surface area contributed by atoms with E-state index < -0.39 is 0 Å². The monoisotopic (exact) mass is 276 g/mol. The highest BCUT2D eigenvalue weighted by molar-refractivity contribution is 5.37. The largest absolute Gasteiger partial charge is 0.496 e. The number of hydrogen-bond donors (Lipinski definition) is 1. The Kier molecular flexibility index (Phi) is 5.44. The normalized spacial score (nSPS) is 23.3. The predicted molar refractivity (Wildman–Crippen MR) is 84.0 cm³/mol. The van der Waals surface area contributed by atoms with Crippen molar-refractivity contribution in [3.05, 3.63) is 29.8 Å². The fraction of sp³-hybridized carbons (Fsp3) is 0.647. The third-order valence-electron chi connectivity index (χ3n) is 4.42. The fourth-order valence-corrected chi connectivity index (χ4v) is 3.31. The Morgan fingerprint density at radius 3 is 2.80 bits per heavy atom. The summed E-state index contributed by atoms with van der Waals surface area (Å²) >= 11 is 0. The highest BCUT2D eigenvalue weighted by atomic mass is 16.5. The molecule has 1 aliphatic rings. The van der Waals surface area contributed by atoms with Crippen LogP contribution in [0.3, 0.4) is 0 Å². The van der Waals surface area contributed by atoms with E-state index in [2.05, 4.69) is 30.9 Å². The maximum absolute atomic E-state index is 6.45. The molecule has 0 aromatic heterocycles. The van der Waals surface area contributed by atoms with Crippen LogP contribution in [0.5, 0.6) is 5.75 Å². The lowest BCUT2D eigenvalue weighted by Gasteiger charge is -2.40. The molecule has 1 saturated heterocycles. The van der Waals surface area contributed by atoms with Gasteiger partial charge in [0.1, 0.15) is 5.75 Å². The first-order chi connectivity index (χ1) is 9.67. The van der Waals surface area contributed by atoms with Crippen LogP contribution in [0.25, 0.3) is 0 Å². The molecule has 1 aliphatic heterocycles. The van der Waals surface area contributed by atoms with E-state index >= 15 is 0 Å². The molecule has 3 nitrogen and oxygen atoms in total. The summed E-state index contributed by atoms with van der Waals surface area (Å²) in [5.41, 5.74) is 7.69. The van der Waals surface area contributed by atoms with Gasteiger partial charge in [-0.15, -0.1) is 0 Å². The molecule has 0 bridgehead atoms. The van der Waals surface area contributed by atoms with Crippen LogP contribution in [0, 0.1) is 5.92 Å². The lowest BCUT2D eigenvalue weighted by atomic mass is 9.91. The van der Waals surface area contributed by atoms with Crippen molar-refractivity contribution in [3.63, 3.8) is 0 Å². The summed E-state index contributed by atoms with van der Waals surface area (Å²) in [6, 6.07) is 8.72. The minimum atomic E-state index is 0.150. The summed E-state index contributed by atoms with van der Waals surface area (Å²) in [5.74, 6) is 1.71.